The predicted molar refractivity (Wildman–Crippen MR) is 161 cm³/mol. The van der Waals surface area contributed by atoms with Crippen molar-refractivity contribution in [1.82, 2.24) is 0 Å². The van der Waals surface area contributed by atoms with Crippen LogP contribution >= 0.6 is 0 Å². The molecule has 0 rings (SSSR count). The number of esters is 1. The van der Waals surface area contributed by atoms with Gasteiger partial charge in [-0.15, -0.1) is 0 Å². The molecular weight excluding hydrogens is 440 g/mol. The van der Waals surface area contributed by atoms with Crippen LogP contribution in [-0.4, -0.2) is 12.6 Å². The fourth-order valence-corrected chi connectivity index (χ4v) is 5.01. The highest BCUT2D eigenvalue weighted by Gasteiger charge is 2.12. The first kappa shape index (κ1) is 35.2. The molecule has 1 unspecified atom stereocenters. The van der Waals surface area contributed by atoms with Crippen molar-refractivity contribution in [2.45, 2.75) is 188 Å². The smallest absolute Gasteiger partial charge is 0.305 e. The van der Waals surface area contributed by atoms with Gasteiger partial charge in [-0.25, -0.2) is 0 Å². The van der Waals surface area contributed by atoms with Crippen LogP contribution < -0.4 is 0 Å². The van der Waals surface area contributed by atoms with E-state index >= 15 is 0 Å². The molecule has 0 N–H and O–H groups in total. The summed E-state index contributed by atoms with van der Waals surface area (Å²) in [4.78, 5) is 12.3. The third-order valence-electron chi connectivity index (χ3n) is 7.55. The molecule has 36 heavy (non-hydrogen) atoms. The van der Waals surface area contributed by atoms with Crippen molar-refractivity contribution in [3.8, 4) is 0 Å². The third-order valence-corrected chi connectivity index (χ3v) is 7.55. The van der Waals surface area contributed by atoms with Gasteiger partial charge in [0.25, 0.3) is 0 Å². The number of ether oxygens (including phenoxy) is 1. The van der Waals surface area contributed by atoms with Crippen molar-refractivity contribution in [2.24, 2.45) is 5.92 Å². The van der Waals surface area contributed by atoms with Crippen LogP contribution in [0.2, 0.25) is 0 Å². The van der Waals surface area contributed by atoms with Crippen LogP contribution in [0.1, 0.15) is 188 Å². The molecule has 0 bridgehead atoms. The van der Waals surface area contributed by atoms with Crippen molar-refractivity contribution < 1.29 is 9.53 Å². The van der Waals surface area contributed by atoms with E-state index in [1.54, 1.807) is 0 Å². The van der Waals surface area contributed by atoms with Gasteiger partial charge in [0.2, 0.25) is 0 Å². The molecular formula is C34H66O2. The zero-order chi connectivity index (χ0) is 26.4. The lowest BCUT2D eigenvalue weighted by Gasteiger charge is -2.17. The summed E-state index contributed by atoms with van der Waals surface area (Å²) in [5, 5.41) is 0. The summed E-state index contributed by atoms with van der Waals surface area (Å²) in [6, 6.07) is 0. The van der Waals surface area contributed by atoms with Gasteiger partial charge in [-0.05, 0) is 50.9 Å². The zero-order valence-corrected chi connectivity index (χ0v) is 25.1. The van der Waals surface area contributed by atoms with Gasteiger partial charge >= 0.3 is 5.97 Å². The average Bonchev–Trinajstić information content (AvgIpc) is 2.88. The second kappa shape index (κ2) is 30.4. The standard InChI is InChI=1S/C34H66O2/c1-4-7-10-12-14-15-16-17-18-19-20-21-23-25-28-31-34(35)36-32-33(29-26-9-6-3)30-27-24-22-13-11-8-5-2/h17-18,33H,4-16,19-32H2,1-3H3/b18-17-. The number of hydrogen-bond donors (Lipinski definition) is 0. The van der Waals surface area contributed by atoms with Crippen LogP contribution in [0.4, 0.5) is 0 Å². The van der Waals surface area contributed by atoms with Gasteiger partial charge in [0.1, 0.15) is 0 Å². The Hall–Kier alpha value is -0.790. The van der Waals surface area contributed by atoms with Gasteiger partial charge in [-0.3, -0.25) is 4.79 Å². The second-order valence-corrected chi connectivity index (χ2v) is 11.3. The highest BCUT2D eigenvalue weighted by atomic mass is 16.5. The monoisotopic (exact) mass is 507 g/mol. The average molecular weight is 507 g/mol. The minimum Gasteiger partial charge on any atom is -0.465 e. The van der Waals surface area contributed by atoms with E-state index in [2.05, 4.69) is 32.9 Å². The summed E-state index contributed by atoms with van der Waals surface area (Å²) >= 11 is 0. The summed E-state index contributed by atoms with van der Waals surface area (Å²) in [7, 11) is 0. The molecule has 214 valence electrons. The summed E-state index contributed by atoms with van der Waals surface area (Å²) in [6.45, 7) is 7.48. The van der Waals surface area contributed by atoms with E-state index in [4.69, 9.17) is 4.74 Å². The Kier molecular flexibility index (Phi) is 29.8. The van der Waals surface area contributed by atoms with E-state index in [-0.39, 0.29) is 5.97 Å². The Bertz CT molecular complexity index is 456. The Morgan fingerprint density at radius 1 is 0.528 bits per heavy atom. The van der Waals surface area contributed by atoms with Gasteiger partial charge in [0.05, 0.1) is 6.61 Å². The predicted octanol–water partition coefficient (Wildman–Crippen LogP) is 11.9. The third kappa shape index (κ3) is 27.8. The molecule has 0 saturated heterocycles. The van der Waals surface area contributed by atoms with Gasteiger partial charge < -0.3 is 4.74 Å². The van der Waals surface area contributed by atoms with Crippen molar-refractivity contribution in [3.05, 3.63) is 12.2 Å². The van der Waals surface area contributed by atoms with Gasteiger partial charge in [0.15, 0.2) is 0 Å². The SMILES string of the molecule is CCCCCCCC/C=C\CCCCCCCC(=O)OCC(CCCCC)CCCCCCCCC. The Morgan fingerprint density at radius 3 is 1.44 bits per heavy atom. The number of carbonyl (C=O) groups is 1. The van der Waals surface area contributed by atoms with Crippen molar-refractivity contribution in [2.75, 3.05) is 6.61 Å². The molecule has 2 heteroatoms. The number of allylic oxidation sites excluding steroid dienone is 2. The number of carbonyl (C=O) groups excluding carboxylic acids is 1. The van der Waals surface area contributed by atoms with Crippen molar-refractivity contribution >= 4 is 5.97 Å². The summed E-state index contributed by atoms with van der Waals surface area (Å²) < 4.78 is 5.72. The van der Waals surface area contributed by atoms with Crippen molar-refractivity contribution in [1.29, 1.82) is 0 Å². The molecule has 2 nitrogen and oxygen atoms in total. The fraction of sp³-hybridized carbons (Fsp3) is 0.912. The maximum Gasteiger partial charge on any atom is 0.305 e. The second-order valence-electron chi connectivity index (χ2n) is 11.3. The molecule has 0 spiro atoms. The van der Waals surface area contributed by atoms with E-state index in [0.29, 0.717) is 18.9 Å². The molecule has 0 aromatic heterocycles. The minimum atomic E-state index is 0.0349. The van der Waals surface area contributed by atoms with Gasteiger partial charge in [-0.1, -0.05) is 148 Å². The van der Waals surface area contributed by atoms with Crippen LogP contribution in [0.5, 0.6) is 0 Å². The molecule has 0 saturated carbocycles. The van der Waals surface area contributed by atoms with Crippen LogP contribution in [0, 0.1) is 5.92 Å². The van der Waals surface area contributed by atoms with E-state index in [1.807, 2.05) is 0 Å². The quantitative estimate of drug-likeness (QED) is 0.0572. The molecule has 0 aromatic carbocycles. The first-order valence-corrected chi connectivity index (χ1v) is 16.5. The van der Waals surface area contributed by atoms with E-state index in [9.17, 15) is 4.79 Å². The normalized spacial score (nSPS) is 12.4. The highest BCUT2D eigenvalue weighted by molar-refractivity contribution is 5.69. The lowest BCUT2D eigenvalue weighted by molar-refractivity contribution is -0.145. The minimum absolute atomic E-state index is 0.0349. The van der Waals surface area contributed by atoms with E-state index < -0.39 is 0 Å². The summed E-state index contributed by atoms with van der Waals surface area (Å²) in [5.41, 5.74) is 0. The van der Waals surface area contributed by atoms with Crippen LogP contribution in [0.25, 0.3) is 0 Å². The highest BCUT2D eigenvalue weighted by Crippen LogP contribution is 2.20. The van der Waals surface area contributed by atoms with E-state index in [1.165, 1.54) is 148 Å². The zero-order valence-electron chi connectivity index (χ0n) is 25.1. The molecule has 0 aliphatic rings. The molecule has 0 aliphatic heterocycles. The topological polar surface area (TPSA) is 26.3 Å². The van der Waals surface area contributed by atoms with E-state index in [0.717, 1.165) is 12.8 Å². The molecule has 0 aliphatic carbocycles. The maximum atomic E-state index is 12.3. The number of rotatable bonds is 29. The van der Waals surface area contributed by atoms with Gasteiger partial charge in [0, 0.05) is 6.42 Å². The van der Waals surface area contributed by atoms with Gasteiger partial charge in [-0.2, -0.15) is 0 Å². The van der Waals surface area contributed by atoms with Crippen LogP contribution in [0.15, 0.2) is 12.2 Å². The lowest BCUT2D eigenvalue weighted by atomic mass is 9.95. The molecule has 0 aromatic rings. The molecule has 0 radical (unpaired) electrons. The summed E-state index contributed by atoms with van der Waals surface area (Å²) in [5.74, 6) is 0.609. The van der Waals surface area contributed by atoms with Crippen LogP contribution in [0.3, 0.4) is 0 Å². The maximum absolute atomic E-state index is 12.3. The Balaban J connectivity index is 3.69. The first-order valence-electron chi connectivity index (χ1n) is 16.5. The largest absolute Gasteiger partial charge is 0.465 e. The van der Waals surface area contributed by atoms with Crippen molar-refractivity contribution in [3.63, 3.8) is 0 Å². The summed E-state index contributed by atoms with van der Waals surface area (Å²) in [6.07, 6.45) is 37.9. The fourth-order valence-electron chi connectivity index (χ4n) is 5.01. The first-order chi connectivity index (χ1) is 17.7. The molecule has 1 atom stereocenters. The van der Waals surface area contributed by atoms with Crippen LogP contribution in [-0.2, 0) is 9.53 Å². The molecule has 0 heterocycles. The molecule has 0 amide bonds. The Morgan fingerprint density at radius 2 is 0.917 bits per heavy atom. The number of unbranched alkanes of at least 4 members (excludes halogenated alkanes) is 19. The number of hydrogen-bond acceptors (Lipinski definition) is 2. The Labute approximate surface area is 227 Å². The lowest BCUT2D eigenvalue weighted by Crippen LogP contribution is -2.14. The molecule has 0 fully saturated rings.